The smallest absolute Gasteiger partial charge is 0.244 e. The van der Waals surface area contributed by atoms with Crippen LogP contribution in [0, 0.1) is 13.8 Å². The van der Waals surface area contributed by atoms with Gasteiger partial charge < -0.3 is 19.9 Å². The lowest BCUT2D eigenvalue weighted by Crippen LogP contribution is -2.40. The van der Waals surface area contributed by atoms with E-state index in [0.717, 1.165) is 28.1 Å². The van der Waals surface area contributed by atoms with E-state index in [9.17, 15) is 9.59 Å². The van der Waals surface area contributed by atoms with Gasteiger partial charge in [0.2, 0.25) is 11.8 Å². The second-order valence-electron chi connectivity index (χ2n) is 7.66. The molecule has 0 atom stereocenters. The first-order valence-corrected chi connectivity index (χ1v) is 10.2. The number of rotatable bonds is 10. The summed E-state index contributed by atoms with van der Waals surface area (Å²) in [6, 6.07) is 13.9. The van der Waals surface area contributed by atoms with Crippen molar-refractivity contribution in [3.8, 4) is 0 Å². The summed E-state index contributed by atoms with van der Waals surface area (Å²) in [5, 5.41) is 2.93. The molecule has 0 fully saturated rings. The summed E-state index contributed by atoms with van der Waals surface area (Å²) in [6.45, 7) is 4.76. The number of anilines is 2. The first-order valence-electron chi connectivity index (χ1n) is 10.2. The number of aryl methyl sites for hydroxylation is 2. The summed E-state index contributed by atoms with van der Waals surface area (Å²) >= 11 is 0. The monoisotopic (exact) mass is 411 g/mol. The number of nitrogens with zero attached hydrogens (tertiary/aromatic N) is 2. The Bertz CT molecular complexity index is 847. The average Bonchev–Trinajstić information content (AvgIpc) is 2.73. The fourth-order valence-electron chi connectivity index (χ4n) is 3.11. The molecule has 2 amide bonds. The van der Waals surface area contributed by atoms with E-state index >= 15 is 0 Å². The Morgan fingerprint density at radius 3 is 2.37 bits per heavy atom. The molecule has 1 N–H and O–H groups in total. The van der Waals surface area contributed by atoms with Crippen molar-refractivity contribution >= 4 is 23.2 Å². The molecule has 0 saturated heterocycles. The molecular weight excluding hydrogens is 378 g/mol. The molecule has 0 unspecified atom stereocenters. The third-order valence-electron chi connectivity index (χ3n) is 5.21. The van der Waals surface area contributed by atoms with Crippen LogP contribution < -0.4 is 10.2 Å². The van der Waals surface area contributed by atoms with Gasteiger partial charge in [0.05, 0.1) is 13.2 Å². The van der Waals surface area contributed by atoms with Crippen LogP contribution in [0.2, 0.25) is 0 Å². The number of amides is 2. The van der Waals surface area contributed by atoms with Gasteiger partial charge in [-0.05, 0) is 55.2 Å². The van der Waals surface area contributed by atoms with Crippen molar-refractivity contribution in [2.45, 2.75) is 26.7 Å². The highest BCUT2D eigenvalue weighted by Crippen LogP contribution is 2.18. The molecule has 0 saturated carbocycles. The summed E-state index contributed by atoms with van der Waals surface area (Å²) in [5.74, 6) is -0.261. The standard InChI is InChI=1S/C24H33N3O3/c1-18-7-6-8-22(19(18)2)25-23(28)17-27(15-16-30-5)24(29)14-11-20-9-12-21(13-10-20)26(3)4/h6-10,12-13H,11,14-17H2,1-5H3,(H,25,28). The fourth-order valence-corrected chi connectivity index (χ4v) is 3.11. The maximum absolute atomic E-state index is 12.8. The lowest BCUT2D eigenvalue weighted by molar-refractivity contribution is -0.135. The molecule has 0 aromatic heterocycles. The molecule has 6 heteroatoms. The number of methoxy groups -OCH3 is 1. The highest BCUT2D eigenvalue weighted by atomic mass is 16.5. The van der Waals surface area contributed by atoms with Gasteiger partial charge in [-0.15, -0.1) is 0 Å². The van der Waals surface area contributed by atoms with Crippen LogP contribution in [-0.4, -0.2) is 57.6 Å². The minimum absolute atomic E-state index is 0.00907. The van der Waals surface area contributed by atoms with Crippen LogP contribution in [0.1, 0.15) is 23.1 Å². The normalized spacial score (nSPS) is 10.6. The van der Waals surface area contributed by atoms with Crippen molar-refractivity contribution in [2.75, 3.05) is 51.1 Å². The van der Waals surface area contributed by atoms with Crippen LogP contribution >= 0.6 is 0 Å². The van der Waals surface area contributed by atoms with E-state index in [0.29, 0.717) is 26.0 Å². The molecule has 30 heavy (non-hydrogen) atoms. The lowest BCUT2D eigenvalue weighted by atomic mass is 10.1. The van der Waals surface area contributed by atoms with Gasteiger partial charge in [-0.25, -0.2) is 0 Å². The second kappa shape index (κ2) is 11.4. The van der Waals surface area contributed by atoms with E-state index in [1.54, 1.807) is 12.0 Å². The largest absolute Gasteiger partial charge is 0.383 e. The Labute approximate surface area is 179 Å². The Morgan fingerprint density at radius 2 is 1.73 bits per heavy atom. The van der Waals surface area contributed by atoms with Gasteiger partial charge in [0, 0.05) is 45.5 Å². The molecular formula is C24H33N3O3. The van der Waals surface area contributed by atoms with E-state index in [4.69, 9.17) is 4.74 Å². The van der Waals surface area contributed by atoms with Gasteiger partial charge in [-0.2, -0.15) is 0 Å². The minimum atomic E-state index is -0.205. The number of benzene rings is 2. The van der Waals surface area contributed by atoms with Crippen LogP contribution in [0.15, 0.2) is 42.5 Å². The predicted molar refractivity (Wildman–Crippen MR) is 122 cm³/mol. The number of carbonyl (C=O) groups is 2. The van der Waals surface area contributed by atoms with E-state index in [2.05, 4.69) is 5.32 Å². The molecule has 0 spiro atoms. The third-order valence-corrected chi connectivity index (χ3v) is 5.21. The van der Waals surface area contributed by atoms with Crippen molar-refractivity contribution in [1.29, 1.82) is 0 Å². The Kier molecular flexibility index (Phi) is 8.87. The zero-order chi connectivity index (χ0) is 22.1. The molecule has 0 heterocycles. The summed E-state index contributed by atoms with van der Waals surface area (Å²) in [6.07, 6.45) is 0.983. The van der Waals surface area contributed by atoms with Crippen molar-refractivity contribution in [3.63, 3.8) is 0 Å². The molecule has 2 aromatic rings. The van der Waals surface area contributed by atoms with Crippen molar-refractivity contribution in [3.05, 3.63) is 59.2 Å². The Morgan fingerprint density at radius 1 is 1.03 bits per heavy atom. The summed E-state index contributed by atoms with van der Waals surface area (Å²) in [5.41, 5.74) is 5.14. The zero-order valence-electron chi connectivity index (χ0n) is 18.7. The third kappa shape index (κ3) is 6.88. The first kappa shape index (κ1) is 23.4. The van der Waals surface area contributed by atoms with E-state index in [1.807, 2.05) is 75.3 Å². The SMILES string of the molecule is COCCN(CC(=O)Nc1cccc(C)c1C)C(=O)CCc1ccc(N(C)C)cc1. The molecule has 0 bridgehead atoms. The number of ether oxygens (including phenoxy) is 1. The topological polar surface area (TPSA) is 61.9 Å². The molecule has 2 rings (SSSR count). The van der Waals surface area contributed by atoms with Crippen LogP contribution in [0.5, 0.6) is 0 Å². The fraction of sp³-hybridized carbons (Fsp3) is 0.417. The number of hydrogen-bond donors (Lipinski definition) is 1. The van der Waals surface area contributed by atoms with Gasteiger partial charge in [0.15, 0.2) is 0 Å². The summed E-state index contributed by atoms with van der Waals surface area (Å²) in [4.78, 5) is 29.0. The van der Waals surface area contributed by atoms with Crippen LogP contribution in [-0.2, 0) is 20.7 Å². The maximum Gasteiger partial charge on any atom is 0.244 e. The molecule has 162 valence electrons. The highest BCUT2D eigenvalue weighted by molar-refractivity contribution is 5.95. The first-order chi connectivity index (χ1) is 14.3. The molecule has 0 aliphatic rings. The Balaban J connectivity index is 1.96. The van der Waals surface area contributed by atoms with E-state index < -0.39 is 0 Å². The van der Waals surface area contributed by atoms with E-state index in [1.165, 1.54) is 0 Å². The average molecular weight is 412 g/mol. The predicted octanol–water partition coefficient (Wildman–Crippen LogP) is 3.42. The lowest BCUT2D eigenvalue weighted by Gasteiger charge is -2.22. The number of hydrogen-bond acceptors (Lipinski definition) is 4. The van der Waals surface area contributed by atoms with Crippen molar-refractivity contribution < 1.29 is 14.3 Å². The number of carbonyl (C=O) groups excluding carboxylic acids is 2. The van der Waals surface area contributed by atoms with Gasteiger partial charge in [0.1, 0.15) is 0 Å². The van der Waals surface area contributed by atoms with Crippen LogP contribution in [0.25, 0.3) is 0 Å². The second-order valence-corrected chi connectivity index (χ2v) is 7.66. The van der Waals surface area contributed by atoms with Crippen LogP contribution in [0.4, 0.5) is 11.4 Å². The highest BCUT2D eigenvalue weighted by Gasteiger charge is 2.18. The number of nitrogens with one attached hydrogen (secondary N) is 1. The van der Waals surface area contributed by atoms with Gasteiger partial charge in [0.25, 0.3) is 0 Å². The molecule has 0 aliphatic heterocycles. The minimum Gasteiger partial charge on any atom is -0.383 e. The van der Waals surface area contributed by atoms with E-state index in [-0.39, 0.29) is 18.4 Å². The molecule has 0 radical (unpaired) electrons. The Hall–Kier alpha value is -2.86. The molecule has 2 aromatic carbocycles. The van der Waals surface area contributed by atoms with Gasteiger partial charge in [-0.3, -0.25) is 9.59 Å². The van der Waals surface area contributed by atoms with Gasteiger partial charge >= 0.3 is 0 Å². The quantitative estimate of drug-likeness (QED) is 0.651. The molecule has 6 nitrogen and oxygen atoms in total. The van der Waals surface area contributed by atoms with Crippen molar-refractivity contribution in [2.24, 2.45) is 0 Å². The van der Waals surface area contributed by atoms with Crippen LogP contribution in [0.3, 0.4) is 0 Å². The maximum atomic E-state index is 12.8. The molecule has 0 aliphatic carbocycles. The summed E-state index contributed by atoms with van der Waals surface area (Å²) < 4.78 is 5.13. The summed E-state index contributed by atoms with van der Waals surface area (Å²) in [7, 11) is 5.58. The zero-order valence-corrected chi connectivity index (χ0v) is 18.7. The van der Waals surface area contributed by atoms with Gasteiger partial charge in [-0.1, -0.05) is 24.3 Å². The van der Waals surface area contributed by atoms with Crippen molar-refractivity contribution in [1.82, 2.24) is 4.90 Å².